The molecule has 146 valence electrons. The molecule has 3 aromatic rings. The minimum absolute atomic E-state index is 0.184. The number of benzene rings is 2. The van der Waals surface area contributed by atoms with Crippen molar-refractivity contribution in [2.75, 3.05) is 13.6 Å². The smallest absolute Gasteiger partial charge is 0.191 e. The third-order valence-electron chi connectivity index (χ3n) is 4.50. The van der Waals surface area contributed by atoms with Gasteiger partial charge in [-0.1, -0.05) is 36.4 Å². The van der Waals surface area contributed by atoms with Gasteiger partial charge in [0.05, 0.1) is 6.54 Å². The number of halogens is 1. The molecule has 0 saturated carbocycles. The first-order valence-electron chi connectivity index (χ1n) is 9.48. The second-order valence-corrected chi connectivity index (χ2v) is 6.56. The highest BCUT2D eigenvalue weighted by molar-refractivity contribution is 5.79. The van der Waals surface area contributed by atoms with Gasteiger partial charge in [-0.2, -0.15) is 5.10 Å². The van der Waals surface area contributed by atoms with Crippen LogP contribution in [0.3, 0.4) is 0 Å². The molecule has 3 rings (SSSR count). The van der Waals surface area contributed by atoms with E-state index >= 15 is 0 Å². The fraction of sp³-hybridized carbons (Fsp3) is 0.273. The summed E-state index contributed by atoms with van der Waals surface area (Å²) < 4.78 is 15.1. The van der Waals surface area contributed by atoms with Gasteiger partial charge in [-0.15, -0.1) is 0 Å². The van der Waals surface area contributed by atoms with Crippen LogP contribution in [-0.2, 0) is 19.5 Å². The molecule has 28 heavy (non-hydrogen) atoms. The van der Waals surface area contributed by atoms with Crippen LogP contribution in [0.4, 0.5) is 4.39 Å². The first-order valence-corrected chi connectivity index (χ1v) is 9.48. The first-order chi connectivity index (χ1) is 13.7. The molecule has 0 radical (unpaired) electrons. The second kappa shape index (κ2) is 10.3. The predicted octanol–water partition coefficient (Wildman–Crippen LogP) is 3.37. The van der Waals surface area contributed by atoms with Gasteiger partial charge in [0.15, 0.2) is 5.96 Å². The zero-order valence-electron chi connectivity index (χ0n) is 16.1. The number of nitrogens with one attached hydrogen (secondary N) is 2. The molecule has 0 atom stereocenters. The van der Waals surface area contributed by atoms with E-state index in [0.29, 0.717) is 6.54 Å². The van der Waals surface area contributed by atoms with Crippen LogP contribution in [-0.4, -0.2) is 29.3 Å². The van der Waals surface area contributed by atoms with E-state index < -0.39 is 0 Å². The van der Waals surface area contributed by atoms with Gasteiger partial charge >= 0.3 is 0 Å². The first kappa shape index (κ1) is 19.6. The highest BCUT2D eigenvalue weighted by Crippen LogP contribution is 2.10. The van der Waals surface area contributed by atoms with Crippen molar-refractivity contribution in [2.45, 2.75) is 25.9 Å². The summed E-state index contributed by atoms with van der Waals surface area (Å²) >= 11 is 0. The van der Waals surface area contributed by atoms with Gasteiger partial charge in [-0.05, 0) is 47.7 Å². The van der Waals surface area contributed by atoms with Gasteiger partial charge in [0.2, 0.25) is 0 Å². The van der Waals surface area contributed by atoms with E-state index in [0.717, 1.165) is 37.5 Å². The van der Waals surface area contributed by atoms with E-state index in [1.807, 2.05) is 35.1 Å². The van der Waals surface area contributed by atoms with Crippen molar-refractivity contribution in [1.82, 2.24) is 20.4 Å². The minimum atomic E-state index is -0.184. The fourth-order valence-electron chi connectivity index (χ4n) is 3.04. The Morgan fingerprint density at radius 2 is 1.93 bits per heavy atom. The molecule has 1 aromatic heterocycles. The Hall–Kier alpha value is -3.15. The van der Waals surface area contributed by atoms with Crippen LogP contribution in [0, 0.1) is 5.82 Å². The second-order valence-electron chi connectivity index (χ2n) is 6.56. The molecule has 0 unspecified atom stereocenters. The van der Waals surface area contributed by atoms with Crippen molar-refractivity contribution in [1.29, 1.82) is 0 Å². The lowest BCUT2D eigenvalue weighted by Gasteiger charge is -2.14. The molecule has 0 spiro atoms. The SMILES string of the molecule is CN=C(NCCCc1cccc(F)c1)NCc1ccccc1Cn1cccn1. The molecular weight excluding hydrogens is 353 g/mol. The molecule has 0 amide bonds. The monoisotopic (exact) mass is 379 g/mol. The zero-order chi connectivity index (χ0) is 19.6. The third kappa shape index (κ3) is 5.94. The van der Waals surface area contributed by atoms with Crippen LogP contribution in [0.1, 0.15) is 23.1 Å². The predicted molar refractivity (Wildman–Crippen MR) is 111 cm³/mol. The summed E-state index contributed by atoms with van der Waals surface area (Å²) in [6.45, 7) is 2.19. The van der Waals surface area contributed by atoms with Crippen molar-refractivity contribution in [3.8, 4) is 0 Å². The Morgan fingerprint density at radius 3 is 2.68 bits per heavy atom. The van der Waals surface area contributed by atoms with Gasteiger partial charge in [0, 0.05) is 32.5 Å². The number of aryl methyl sites for hydroxylation is 1. The molecule has 0 aliphatic rings. The molecule has 0 bridgehead atoms. The van der Waals surface area contributed by atoms with Crippen LogP contribution in [0.5, 0.6) is 0 Å². The number of aromatic nitrogens is 2. The largest absolute Gasteiger partial charge is 0.356 e. The number of hydrogen-bond donors (Lipinski definition) is 2. The molecule has 2 N–H and O–H groups in total. The summed E-state index contributed by atoms with van der Waals surface area (Å²) in [5.74, 6) is 0.574. The lowest BCUT2D eigenvalue weighted by atomic mass is 10.1. The fourth-order valence-corrected chi connectivity index (χ4v) is 3.04. The van der Waals surface area contributed by atoms with Crippen LogP contribution < -0.4 is 10.6 Å². The van der Waals surface area contributed by atoms with E-state index in [1.165, 1.54) is 17.2 Å². The molecule has 6 heteroatoms. The van der Waals surface area contributed by atoms with E-state index in [2.05, 4.69) is 32.9 Å². The maximum atomic E-state index is 13.2. The van der Waals surface area contributed by atoms with Gasteiger partial charge in [0.1, 0.15) is 5.82 Å². The quantitative estimate of drug-likeness (QED) is 0.358. The Balaban J connectivity index is 1.46. The summed E-state index contributed by atoms with van der Waals surface area (Å²) in [6.07, 6.45) is 5.48. The van der Waals surface area contributed by atoms with E-state index in [9.17, 15) is 4.39 Å². The van der Waals surface area contributed by atoms with E-state index in [-0.39, 0.29) is 5.82 Å². The Labute approximate surface area is 165 Å². The highest BCUT2D eigenvalue weighted by Gasteiger charge is 2.05. The topological polar surface area (TPSA) is 54.2 Å². The number of aliphatic imine (C=N–C) groups is 1. The lowest BCUT2D eigenvalue weighted by Crippen LogP contribution is -2.37. The van der Waals surface area contributed by atoms with Gasteiger partial charge in [-0.25, -0.2) is 4.39 Å². The van der Waals surface area contributed by atoms with Crippen LogP contribution >= 0.6 is 0 Å². The number of nitrogens with zero attached hydrogens (tertiary/aromatic N) is 3. The molecule has 5 nitrogen and oxygen atoms in total. The Bertz CT molecular complexity index is 889. The van der Waals surface area contributed by atoms with Crippen LogP contribution in [0.2, 0.25) is 0 Å². The summed E-state index contributed by atoms with van der Waals surface area (Å²) in [7, 11) is 1.76. The van der Waals surface area contributed by atoms with Gasteiger partial charge < -0.3 is 10.6 Å². The molecule has 0 fully saturated rings. The Morgan fingerprint density at radius 1 is 1.07 bits per heavy atom. The third-order valence-corrected chi connectivity index (χ3v) is 4.50. The molecule has 0 saturated heterocycles. The lowest BCUT2D eigenvalue weighted by molar-refractivity contribution is 0.624. The molecule has 0 aliphatic heterocycles. The highest BCUT2D eigenvalue weighted by atomic mass is 19.1. The molecule has 0 aliphatic carbocycles. The molecule has 2 aromatic carbocycles. The van der Waals surface area contributed by atoms with Crippen molar-refractivity contribution < 1.29 is 4.39 Å². The van der Waals surface area contributed by atoms with Gasteiger partial charge in [0.25, 0.3) is 0 Å². The maximum absolute atomic E-state index is 13.2. The van der Waals surface area contributed by atoms with Crippen molar-refractivity contribution >= 4 is 5.96 Å². The zero-order valence-corrected chi connectivity index (χ0v) is 16.1. The minimum Gasteiger partial charge on any atom is -0.356 e. The van der Waals surface area contributed by atoms with E-state index in [4.69, 9.17) is 0 Å². The molecule has 1 heterocycles. The standard InChI is InChI=1S/C22H26FN5/c1-24-22(25-12-5-8-18-7-4-11-21(23)15-18)26-16-19-9-2-3-10-20(19)17-28-14-6-13-27-28/h2-4,6-7,9-11,13-15H,5,8,12,16-17H2,1H3,(H2,24,25,26). The van der Waals surface area contributed by atoms with Crippen LogP contribution in [0.25, 0.3) is 0 Å². The summed E-state index contributed by atoms with van der Waals surface area (Å²) in [6, 6.07) is 17.0. The summed E-state index contributed by atoms with van der Waals surface area (Å²) in [5.41, 5.74) is 3.44. The van der Waals surface area contributed by atoms with Crippen molar-refractivity contribution in [3.63, 3.8) is 0 Å². The number of rotatable bonds is 8. The average Bonchev–Trinajstić information content (AvgIpc) is 3.22. The number of guanidine groups is 1. The van der Waals surface area contributed by atoms with Gasteiger partial charge in [-0.3, -0.25) is 9.67 Å². The van der Waals surface area contributed by atoms with Crippen molar-refractivity contribution in [2.24, 2.45) is 4.99 Å². The van der Waals surface area contributed by atoms with E-state index in [1.54, 1.807) is 25.4 Å². The maximum Gasteiger partial charge on any atom is 0.191 e. The summed E-state index contributed by atoms with van der Waals surface area (Å²) in [4.78, 5) is 4.28. The summed E-state index contributed by atoms with van der Waals surface area (Å²) in [5, 5.41) is 11.0. The average molecular weight is 379 g/mol. The van der Waals surface area contributed by atoms with Crippen LogP contribution in [0.15, 0.2) is 72.0 Å². The van der Waals surface area contributed by atoms with Crippen molar-refractivity contribution in [3.05, 3.63) is 89.5 Å². The number of hydrogen-bond acceptors (Lipinski definition) is 2. The Kier molecular flexibility index (Phi) is 7.18. The molecular formula is C22H26FN5. The normalized spacial score (nSPS) is 11.4.